The Morgan fingerprint density at radius 3 is 2.70 bits per heavy atom. The number of aliphatic carboxylic acids is 1. The van der Waals surface area contributed by atoms with E-state index in [-0.39, 0.29) is 25.9 Å². The minimum absolute atomic E-state index is 0.0395. The highest BCUT2D eigenvalue weighted by atomic mass is 19.4. The van der Waals surface area contributed by atoms with E-state index in [1.54, 1.807) is 24.3 Å². The number of carboxylic acid groups (broad SMARTS) is 1. The van der Waals surface area contributed by atoms with Crippen LogP contribution in [0.15, 0.2) is 24.3 Å². The Kier molecular flexibility index (Phi) is 3.92. The Labute approximate surface area is 114 Å². The lowest BCUT2D eigenvalue weighted by Gasteiger charge is -2.35. The summed E-state index contributed by atoms with van der Waals surface area (Å²) >= 11 is 0. The van der Waals surface area contributed by atoms with E-state index in [1.807, 2.05) is 0 Å². The first-order valence-corrected chi connectivity index (χ1v) is 6.38. The molecule has 0 spiro atoms. The number of fused-ring (bicyclic) bond motifs is 1. The third-order valence-electron chi connectivity index (χ3n) is 3.66. The molecule has 0 amide bonds. The predicted molar refractivity (Wildman–Crippen MR) is 65.8 cm³/mol. The largest absolute Gasteiger partial charge is 0.493 e. The molecule has 0 fully saturated rings. The van der Waals surface area contributed by atoms with Crippen LogP contribution in [0.1, 0.15) is 31.2 Å². The molecule has 0 radical (unpaired) electrons. The normalized spacial score (nSPS) is 21.9. The van der Waals surface area contributed by atoms with Crippen molar-refractivity contribution in [3.05, 3.63) is 29.8 Å². The average Bonchev–Trinajstić information content (AvgIpc) is 2.37. The first kappa shape index (κ1) is 14.7. The second-order valence-electron chi connectivity index (χ2n) is 4.95. The van der Waals surface area contributed by atoms with Crippen molar-refractivity contribution in [3.63, 3.8) is 0 Å². The Hall–Kier alpha value is -1.72. The topological polar surface area (TPSA) is 46.5 Å². The molecule has 0 bridgehead atoms. The second-order valence-corrected chi connectivity index (χ2v) is 4.95. The van der Waals surface area contributed by atoms with Gasteiger partial charge >= 0.3 is 12.1 Å². The molecule has 0 aliphatic carbocycles. The van der Waals surface area contributed by atoms with E-state index in [9.17, 15) is 23.1 Å². The molecule has 0 aromatic heterocycles. The first-order chi connectivity index (χ1) is 9.35. The number of halogens is 3. The zero-order chi connectivity index (χ0) is 14.8. The van der Waals surface area contributed by atoms with Crippen molar-refractivity contribution in [2.24, 2.45) is 0 Å². The molecule has 1 aliphatic rings. The maximum absolute atomic E-state index is 12.3. The van der Waals surface area contributed by atoms with Crippen molar-refractivity contribution < 1.29 is 27.8 Å². The molecule has 20 heavy (non-hydrogen) atoms. The van der Waals surface area contributed by atoms with E-state index >= 15 is 0 Å². The third-order valence-corrected chi connectivity index (χ3v) is 3.66. The summed E-state index contributed by atoms with van der Waals surface area (Å²) < 4.78 is 42.2. The quantitative estimate of drug-likeness (QED) is 0.922. The third kappa shape index (κ3) is 2.89. The molecule has 2 rings (SSSR count). The van der Waals surface area contributed by atoms with E-state index in [2.05, 4.69) is 0 Å². The Morgan fingerprint density at radius 2 is 2.05 bits per heavy atom. The van der Waals surface area contributed by atoms with Crippen LogP contribution in [0, 0.1) is 0 Å². The zero-order valence-electron chi connectivity index (χ0n) is 10.7. The number of hydrogen-bond donors (Lipinski definition) is 1. The minimum Gasteiger partial charge on any atom is -0.493 e. The van der Waals surface area contributed by atoms with Gasteiger partial charge in [-0.15, -0.1) is 0 Å². The zero-order valence-corrected chi connectivity index (χ0v) is 10.7. The fourth-order valence-electron chi connectivity index (χ4n) is 2.64. The number of ether oxygens (including phenoxy) is 1. The molecule has 0 saturated heterocycles. The van der Waals surface area contributed by atoms with Crippen molar-refractivity contribution in [1.29, 1.82) is 0 Å². The number of alkyl halides is 3. The fourth-order valence-corrected chi connectivity index (χ4v) is 2.64. The SMILES string of the molecule is O=C(O)C1(CCCC(F)(F)F)CCOc2ccccc21. The van der Waals surface area contributed by atoms with Gasteiger partial charge in [-0.1, -0.05) is 18.2 Å². The molecular formula is C14H15F3O3. The van der Waals surface area contributed by atoms with Gasteiger partial charge in [0.2, 0.25) is 0 Å². The summed E-state index contributed by atoms with van der Waals surface area (Å²) in [5.41, 5.74) is -0.805. The van der Waals surface area contributed by atoms with E-state index in [0.717, 1.165) is 0 Å². The van der Waals surface area contributed by atoms with Gasteiger partial charge in [0.05, 0.1) is 12.0 Å². The van der Waals surface area contributed by atoms with Gasteiger partial charge in [0.25, 0.3) is 0 Å². The molecule has 1 heterocycles. The van der Waals surface area contributed by atoms with Crippen LogP contribution in [0.25, 0.3) is 0 Å². The molecule has 1 aliphatic heterocycles. The molecule has 110 valence electrons. The summed E-state index contributed by atoms with van der Waals surface area (Å²) in [6, 6.07) is 6.66. The molecular weight excluding hydrogens is 273 g/mol. The lowest BCUT2D eigenvalue weighted by Crippen LogP contribution is -2.40. The van der Waals surface area contributed by atoms with Crippen molar-refractivity contribution in [2.45, 2.75) is 37.3 Å². The molecule has 1 aromatic rings. The van der Waals surface area contributed by atoms with Gasteiger partial charge in [0.15, 0.2) is 0 Å². The van der Waals surface area contributed by atoms with Crippen LogP contribution in [0.4, 0.5) is 13.2 Å². The maximum atomic E-state index is 12.3. The van der Waals surface area contributed by atoms with E-state index in [0.29, 0.717) is 11.3 Å². The first-order valence-electron chi connectivity index (χ1n) is 6.38. The maximum Gasteiger partial charge on any atom is 0.389 e. The van der Waals surface area contributed by atoms with E-state index in [1.165, 1.54) is 0 Å². The molecule has 1 aromatic carbocycles. The van der Waals surface area contributed by atoms with Gasteiger partial charge in [-0.05, 0) is 18.9 Å². The average molecular weight is 288 g/mol. The van der Waals surface area contributed by atoms with Crippen LogP contribution >= 0.6 is 0 Å². The summed E-state index contributed by atoms with van der Waals surface area (Å²) in [5.74, 6) is -0.636. The van der Waals surface area contributed by atoms with Crippen LogP contribution < -0.4 is 4.74 Å². The summed E-state index contributed by atoms with van der Waals surface area (Å²) in [6.07, 6.45) is -5.28. The lowest BCUT2D eigenvalue weighted by atomic mass is 9.72. The van der Waals surface area contributed by atoms with Crippen LogP contribution in [0.5, 0.6) is 5.75 Å². The van der Waals surface area contributed by atoms with Gasteiger partial charge in [-0.3, -0.25) is 4.79 Å². The van der Waals surface area contributed by atoms with Gasteiger partial charge in [-0.2, -0.15) is 13.2 Å². The van der Waals surface area contributed by atoms with Crippen LogP contribution in [-0.4, -0.2) is 23.9 Å². The monoisotopic (exact) mass is 288 g/mol. The van der Waals surface area contributed by atoms with Gasteiger partial charge in [0.1, 0.15) is 5.75 Å². The van der Waals surface area contributed by atoms with Crippen molar-refractivity contribution in [2.75, 3.05) is 6.61 Å². The Balaban J connectivity index is 2.25. The fraction of sp³-hybridized carbons (Fsp3) is 0.500. The van der Waals surface area contributed by atoms with Gasteiger partial charge in [0, 0.05) is 18.4 Å². The number of benzene rings is 1. The highest BCUT2D eigenvalue weighted by Gasteiger charge is 2.44. The van der Waals surface area contributed by atoms with Gasteiger partial charge < -0.3 is 9.84 Å². The number of rotatable bonds is 4. The highest BCUT2D eigenvalue weighted by Crippen LogP contribution is 2.43. The van der Waals surface area contributed by atoms with Crippen molar-refractivity contribution >= 4 is 5.97 Å². The smallest absolute Gasteiger partial charge is 0.389 e. The van der Waals surface area contributed by atoms with Crippen molar-refractivity contribution in [1.82, 2.24) is 0 Å². The van der Waals surface area contributed by atoms with Crippen LogP contribution in [-0.2, 0) is 10.2 Å². The summed E-state index contributed by atoms with van der Waals surface area (Å²) in [7, 11) is 0. The van der Waals surface area contributed by atoms with Crippen molar-refractivity contribution in [3.8, 4) is 5.75 Å². The van der Waals surface area contributed by atoms with Crippen LogP contribution in [0.2, 0.25) is 0 Å². The molecule has 1 unspecified atom stereocenters. The van der Waals surface area contributed by atoms with Gasteiger partial charge in [-0.25, -0.2) is 0 Å². The molecule has 3 nitrogen and oxygen atoms in total. The number of hydrogen-bond acceptors (Lipinski definition) is 2. The second kappa shape index (κ2) is 5.34. The summed E-state index contributed by atoms with van der Waals surface area (Å²) in [6.45, 7) is 0.204. The Morgan fingerprint density at radius 1 is 1.35 bits per heavy atom. The predicted octanol–water partition coefficient (Wildman–Crippen LogP) is 3.52. The van der Waals surface area contributed by atoms with E-state index < -0.39 is 24.0 Å². The highest BCUT2D eigenvalue weighted by molar-refractivity contribution is 5.83. The standard InChI is InChI=1S/C14H15F3O3/c15-14(16,17)7-3-6-13(12(18)19)8-9-20-11-5-2-1-4-10(11)13/h1-2,4-5H,3,6-9H2,(H,18,19). The minimum atomic E-state index is -4.26. The molecule has 6 heteroatoms. The Bertz CT molecular complexity index is 499. The van der Waals surface area contributed by atoms with E-state index in [4.69, 9.17) is 4.74 Å². The number of carboxylic acids is 1. The number of carbonyl (C=O) groups is 1. The van der Waals surface area contributed by atoms with Crippen LogP contribution in [0.3, 0.4) is 0 Å². The molecule has 1 N–H and O–H groups in total. The number of para-hydroxylation sites is 1. The summed E-state index contributed by atoms with van der Waals surface area (Å²) in [4.78, 5) is 11.7. The summed E-state index contributed by atoms with van der Waals surface area (Å²) in [5, 5.41) is 9.53. The molecule has 1 atom stereocenters. The lowest BCUT2D eigenvalue weighted by molar-refractivity contribution is -0.148. The molecule has 0 saturated carbocycles.